The predicted octanol–water partition coefficient (Wildman–Crippen LogP) is 3.96. The Kier molecular flexibility index (Phi) is 3.51. The topological polar surface area (TPSA) is 101 Å². The van der Waals surface area contributed by atoms with Gasteiger partial charge < -0.3 is 4.98 Å². The van der Waals surface area contributed by atoms with Crippen molar-refractivity contribution in [2.75, 3.05) is 0 Å². The summed E-state index contributed by atoms with van der Waals surface area (Å²) in [5, 5.41) is 12.9. The largest absolute Gasteiger partial charge is 0.336 e. The summed E-state index contributed by atoms with van der Waals surface area (Å²) >= 11 is 0. The lowest BCUT2D eigenvalue weighted by Crippen LogP contribution is -1.88. The van der Waals surface area contributed by atoms with Gasteiger partial charge in [-0.15, -0.1) is 0 Å². The van der Waals surface area contributed by atoms with Crippen LogP contribution in [0.2, 0.25) is 0 Å². The van der Waals surface area contributed by atoms with Crippen molar-refractivity contribution in [3.8, 4) is 34.0 Å². The lowest BCUT2D eigenvalue weighted by Gasteiger charge is -1.99. The highest BCUT2D eigenvalue weighted by molar-refractivity contribution is 5.97. The smallest absolute Gasteiger partial charge is 0.159 e. The first kappa shape index (κ1) is 16.6. The van der Waals surface area contributed by atoms with Crippen LogP contribution >= 0.6 is 0 Å². The van der Waals surface area contributed by atoms with Crippen molar-refractivity contribution in [2.45, 2.75) is 0 Å². The maximum atomic E-state index is 4.83. The number of hydrogen-bond acceptors (Lipinski definition) is 5. The van der Waals surface area contributed by atoms with E-state index in [-0.39, 0.29) is 0 Å². The van der Waals surface area contributed by atoms with E-state index >= 15 is 0 Å². The maximum absolute atomic E-state index is 4.83. The van der Waals surface area contributed by atoms with Crippen molar-refractivity contribution >= 4 is 21.9 Å². The Hall–Kier alpha value is -4.33. The minimum absolute atomic E-state index is 0.685. The predicted molar refractivity (Wildman–Crippen MR) is 114 cm³/mol. The van der Waals surface area contributed by atoms with Gasteiger partial charge in [0.05, 0.1) is 22.9 Å². The number of H-pyrrole nitrogens is 2. The molecule has 0 fully saturated rings. The molecule has 5 aromatic heterocycles. The number of aryl methyl sites for hydroxylation is 1. The number of fused-ring (bicyclic) bond motifs is 2. The molecule has 8 nitrogen and oxygen atoms in total. The van der Waals surface area contributed by atoms with E-state index in [0.717, 1.165) is 50.1 Å². The third-order valence-electron chi connectivity index (χ3n) is 5.13. The first-order valence-electron chi connectivity index (χ1n) is 9.50. The summed E-state index contributed by atoms with van der Waals surface area (Å²) in [6, 6.07) is 13.9. The minimum Gasteiger partial charge on any atom is -0.336 e. The second kappa shape index (κ2) is 6.35. The number of imidazole rings is 1. The van der Waals surface area contributed by atoms with Crippen LogP contribution in [0.5, 0.6) is 0 Å². The van der Waals surface area contributed by atoms with Crippen molar-refractivity contribution < 1.29 is 0 Å². The molecule has 0 amide bonds. The van der Waals surface area contributed by atoms with Crippen LogP contribution in [-0.2, 0) is 7.05 Å². The van der Waals surface area contributed by atoms with Gasteiger partial charge in [-0.2, -0.15) is 10.2 Å². The fourth-order valence-corrected chi connectivity index (χ4v) is 3.68. The van der Waals surface area contributed by atoms with E-state index in [2.05, 4.69) is 42.4 Å². The van der Waals surface area contributed by atoms with Gasteiger partial charge in [0.25, 0.3) is 0 Å². The number of nitrogens with one attached hydrogen (secondary N) is 2. The minimum atomic E-state index is 0.685. The Morgan fingerprint density at radius 2 is 1.87 bits per heavy atom. The van der Waals surface area contributed by atoms with Crippen molar-refractivity contribution in [3.63, 3.8) is 0 Å². The van der Waals surface area contributed by atoms with Crippen molar-refractivity contribution in [3.05, 3.63) is 67.3 Å². The average Bonchev–Trinajstić information content (AvgIpc) is 3.50. The zero-order valence-corrected chi connectivity index (χ0v) is 16.0. The van der Waals surface area contributed by atoms with Crippen LogP contribution in [-0.4, -0.2) is 39.9 Å². The number of hydrogen-bond donors (Lipinski definition) is 2. The standard InChI is InChI=1S/C22H16N8/c1-30-12-14(11-25-30)13-5-6-16-15(10-13)19(29-28-16)22-26-18-7-9-24-20(21(18)27-22)17-4-2-3-8-23-17/h2-12H,1H3,(H,26,27)(H,28,29). The van der Waals surface area contributed by atoms with Gasteiger partial charge in [0.15, 0.2) is 5.82 Å². The quantitative estimate of drug-likeness (QED) is 0.475. The van der Waals surface area contributed by atoms with Gasteiger partial charge in [-0.05, 0) is 35.9 Å². The van der Waals surface area contributed by atoms with Crippen molar-refractivity contribution in [2.24, 2.45) is 7.05 Å². The lowest BCUT2D eigenvalue weighted by molar-refractivity contribution is 0.768. The summed E-state index contributed by atoms with van der Waals surface area (Å²) in [6.07, 6.45) is 7.36. The van der Waals surface area contributed by atoms with Crippen molar-refractivity contribution in [1.29, 1.82) is 0 Å². The summed E-state index contributed by atoms with van der Waals surface area (Å²) in [4.78, 5) is 17.1. The first-order chi connectivity index (χ1) is 14.8. The van der Waals surface area contributed by atoms with Crippen LogP contribution in [0.25, 0.3) is 56.0 Å². The number of aromatic nitrogens is 8. The molecule has 0 atom stereocenters. The Bertz CT molecular complexity index is 1510. The SMILES string of the molecule is Cn1cc(-c2ccc3[nH]nc(-c4nc5c(-c6ccccn6)nccc5[nH]4)c3c2)cn1. The van der Waals surface area contributed by atoms with Crippen LogP contribution in [0, 0.1) is 0 Å². The molecule has 2 N–H and O–H groups in total. The van der Waals surface area contributed by atoms with Gasteiger partial charge in [0.1, 0.15) is 16.9 Å². The second-order valence-corrected chi connectivity index (χ2v) is 7.09. The zero-order chi connectivity index (χ0) is 20.1. The zero-order valence-electron chi connectivity index (χ0n) is 16.0. The Morgan fingerprint density at radius 3 is 2.70 bits per heavy atom. The molecule has 1 aromatic carbocycles. The highest BCUT2D eigenvalue weighted by Crippen LogP contribution is 2.31. The molecule has 6 aromatic rings. The van der Waals surface area contributed by atoms with Gasteiger partial charge >= 0.3 is 0 Å². The molecule has 0 saturated carbocycles. The van der Waals surface area contributed by atoms with Gasteiger partial charge in [-0.1, -0.05) is 12.1 Å². The molecule has 30 heavy (non-hydrogen) atoms. The molecule has 0 bridgehead atoms. The number of rotatable bonds is 3. The summed E-state index contributed by atoms with van der Waals surface area (Å²) in [5.74, 6) is 0.685. The van der Waals surface area contributed by atoms with Gasteiger partial charge in [-0.3, -0.25) is 19.7 Å². The fourth-order valence-electron chi connectivity index (χ4n) is 3.68. The lowest BCUT2D eigenvalue weighted by atomic mass is 10.1. The van der Waals surface area contributed by atoms with E-state index in [9.17, 15) is 0 Å². The van der Waals surface area contributed by atoms with Gasteiger partial charge in [-0.25, -0.2) is 4.98 Å². The first-order valence-corrected chi connectivity index (χ1v) is 9.50. The van der Waals surface area contributed by atoms with E-state index in [1.54, 1.807) is 17.1 Å². The molecule has 0 spiro atoms. The maximum Gasteiger partial charge on any atom is 0.159 e. The van der Waals surface area contributed by atoms with Crippen LogP contribution in [0.4, 0.5) is 0 Å². The molecular weight excluding hydrogens is 376 g/mol. The second-order valence-electron chi connectivity index (χ2n) is 7.09. The molecule has 0 radical (unpaired) electrons. The molecule has 0 aliphatic carbocycles. The third kappa shape index (κ3) is 2.58. The number of benzene rings is 1. The number of aromatic amines is 2. The Morgan fingerprint density at radius 1 is 0.900 bits per heavy atom. The van der Waals surface area contributed by atoms with E-state index in [4.69, 9.17) is 4.98 Å². The Labute approximate surface area is 170 Å². The summed E-state index contributed by atoms with van der Waals surface area (Å²) in [6.45, 7) is 0. The highest BCUT2D eigenvalue weighted by atomic mass is 15.2. The van der Waals surface area contributed by atoms with Crippen molar-refractivity contribution in [1.82, 2.24) is 39.9 Å². The summed E-state index contributed by atoms with van der Waals surface area (Å²) in [5.41, 5.74) is 7.02. The highest BCUT2D eigenvalue weighted by Gasteiger charge is 2.16. The molecule has 0 aliphatic rings. The van der Waals surface area contributed by atoms with Gasteiger partial charge in [0, 0.05) is 36.6 Å². The molecule has 6 rings (SSSR count). The number of pyridine rings is 2. The van der Waals surface area contributed by atoms with Gasteiger partial charge in [0.2, 0.25) is 0 Å². The van der Waals surface area contributed by atoms with E-state index in [1.165, 1.54) is 0 Å². The number of nitrogens with zero attached hydrogens (tertiary/aromatic N) is 6. The monoisotopic (exact) mass is 392 g/mol. The Balaban J connectivity index is 1.52. The van der Waals surface area contributed by atoms with Crippen LogP contribution < -0.4 is 0 Å². The molecule has 8 heteroatoms. The van der Waals surface area contributed by atoms with Crippen LogP contribution in [0.15, 0.2) is 67.3 Å². The fraction of sp³-hybridized carbons (Fsp3) is 0.0455. The molecule has 0 aliphatic heterocycles. The summed E-state index contributed by atoms with van der Waals surface area (Å²) in [7, 11) is 1.91. The molecule has 5 heterocycles. The van der Waals surface area contributed by atoms with E-state index < -0.39 is 0 Å². The molecular formula is C22H16N8. The van der Waals surface area contributed by atoms with E-state index in [1.807, 2.05) is 49.8 Å². The average molecular weight is 392 g/mol. The normalized spacial score (nSPS) is 11.5. The summed E-state index contributed by atoms with van der Waals surface area (Å²) < 4.78 is 1.79. The van der Waals surface area contributed by atoms with E-state index in [0.29, 0.717) is 5.82 Å². The molecule has 0 saturated heterocycles. The molecule has 0 unspecified atom stereocenters. The molecule has 144 valence electrons. The van der Waals surface area contributed by atoms with Crippen LogP contribution in [0.1, 0.15) is 0 Å². The van der Waals surface area contributed by atoms with Crippen LogP contribution in [0.3, 0.4) is 0 Å². The third-order valence-corrected chi connectivity index (χ3v) is 5.13.